The van der Waals surface area contributed by atoms with Crippen LogP contribution in [0.15, 0.2) is 60.9 Å². The summed E-state index contributed by atoms with van der Waals surface area (Å²) in [5.74, 6) is -5.45. The average molecular weight is 520 g/mol. The third-order valence-corrected chi connectivity index (χ3v) is 5.96. The van der Waals surface area contributed by atoms with Crippen molar-refractivity contribution in [2.75, 3.05) is 6.61 Å². The minimum absolute atomic E-state index is 0.305. The van der Waals surface area contributed by atoms with E-state index in [4.69, 9.17) is 18.9 Å². The Morgan fingerprint density at radius 3 is 2.32 bits per heavy atom. The molecule has 1 aromatic carbocycles. The zero-order chi connectivity index (χ0) is 27.1. The Morgan fingerprint density at radius 1 is 1.00 bits per heavy atom. The summed E-state index contributed by atoms with van der Waals surface area (Å²) < 4.78 is 21.6. The highest BCUT2D eigenvalue weighted by Gasteiger charge is 2.48. The Bertz CT molecular complexity index is 1040. The number of carbonyl (C=O) groups excluding carboxylic acids is 1. The van der Waals surface area contributed by atoms with Crippen LogP contribution in [-0.4, -0.2) is 87.0 Å². The van der Waals surface area contributed by atoms with Gasteiger partial charge in [0.2, 0.25) is 6.29 Å². The molecule has 12 heteroatoms. The molecule has 0 aromatic heterocycles. The SMILES string of the molecule is C=C[C@H]1[C@H](O[C@@H]2O[C@H](COC(=O)/C=C/c3ccccc3)[C@@H](O)[C@H](O)[C@H]2O)OC=C(C(=O)O)[C@H]1CC(=O)O. The van der Waals surface area contributed by atoms with Crippen LogP contribution in [0.5, 0.6) is 0 Å². The predicted molar refractivity (Wildman–Crippen MR) is 124 cm³/mol. The fourth-order valence-electron chi connectivity index (χ4n) is 4.00. The van der Waals surface area contributed by atoms with Crippen molar-refractivity contribution in [2.24, 2.45) is 11.8 Å². The summed E-state index contributed by atoms with van der Waals surface area (Å²) in [5, 5.41) is 49.6. The number of benzene rings is 1. The molecule has 0 spiro atoms. The molecule has 8 atom stereocenters. The van der Waals surface area contributed by atoms with E-state index >= 15 is 0 Å². The van der Waals surface area contributed by atoms with Crippen LogP contribution in [0.3, 0.4) is 0 Å². The third-order valence-electron chi connectivity index (χ3n) is 5.96. The molecule has 3 rings (SSSR count). The summed E-state index contributed by atoms with van der Waals surface area (Å²) >= 11 is 0. The van der Waals surface area contributed by atoms with Crippen LogP contribution in [0, 0.1) is 11.8 Å². The molecule has 0 radical (unpaired) electrons. The molecule has 1 fully saturated rings. The van der Waals surface area contributed by atoms with Gasteiger partial charge < -0.3 is 44.5 Å². The molecule has 2 aliphatic rings. The quantitative estimate of drug-likeness (QED) is 0.161. The molecule has 0 amide bonds. The lowest BCUT2D eigenvalue weighted by atomic mass is 9.81. The van der Waals surface area contributed by atoms with Crippen LogP contribution in [0.2, 0.25) is 0 Å². The monoisotopic (exact) mass is 520 g/mol. The first kappa shape index (κ1) is 28.0. The number of aliphatic hydroxyl groups excluding tert-OH is 3. The second-order valence-electron chi connectivity index (χ2n) is 8.43. The van der Waals surface area contributed by atoms with Crippen LogP contribution in [0.1, 0.15) is 12.0 Å². The normalized spacial score (nSPS) is 31.7. The number of rotatable bonds is 10. The Labute approximate surface area is 211 Å². The third kappa shape index (κ3) is 7.02. The van der Waals surface area contributed by atoms with Gasteiger partial charge in [0.15, 0.2) is 6.29 Å². The number of esters is 1. The summed E-state index contributed by atoms with van der Waals surface area (Å²) in [4.78, 5) is 34.9. The summed E-state index contributed by atoms with van der Waals surface area (Å²) in [7, 11) is 0. The Hall–Kier alpha value is -3.55. The smallest absolute Gasteiger partial charge is 0.335 e. The van der Waals surface area contributed by atoms with E-state index in [1.165, 1.54) is 18.2 Å². The number of carboxylic acids is 2. The first-order valence-electron chi connectivity index (χ1n) is 11.3. The molecule has 0 aliphatic carbocycles. The minimum Gasteiger partial charge on any atom is -0.481 e. The number of carbonyl (C=O) groups is 3. The predicted octanol–water partition coefficient (Wildman–Crippen LogP) is 0.285. The van der Waals surface area contributed by atoms with Gasteiger partial charge in [-0.05, 0) is 11.6 Å². The maximum absolute atomic E-state index is 12.1. The molecule has 0 saturated carbocycles. The Balaban J connectivity index is 1.68. The average Bonchev–Trinajstić information content (AvgIpc) is 2.87. The number of ether oxygens (including phenoxy) is 4. The van der Waals surface area contributed by atoms with E-state index in [2.05, 4.69) is 6.58 Å². The van der Waals surface area contributed by atoms with Gasteiger partial charge in [-0.2, -0.15) is 0 Å². The second kappa shape index (κ2) is 12.6. The maximum Gasteiger partial charge on any atom is 0.335 e. The number of carboxylic acid groups (broad SMARTS) is 2. The van der Waals surface area contributed by atoms with Crippen molar-refractivity contribution >= 4 is 24.0 Å². The van der Waals surface area contributed by atoms with Gasteiger partial charge in [-0.25, -0.2) is 9.59 Å². The van der Waals surface area contributed by atoms with Crippen LogP contribution < -0.4 is 0 Å². The number of aliphatic carboxylic acids is 2. The fraction of sp³-hybridized carbons (Fsp3) is 0.400. The van der Waals surface area contributed by atoms with Crippen molar-refractivity contribution in [1.29, 1.82) is 0 Å². The fourth-order valence-corrected chi connectivity index (χ4v) is 4.00. The lowest BCUT2D eigenvalue weighted by Gasteiger charge is -2.43. The lowest BCUT2D eigenvalue weighted by Crippen LogP contribution is -2.60. The Morgan fingerprint density at radius 2 is 1.70 bits per heavy atom. The largest absolute Gasteiger partial charge is 0.481 e. The summed E-state index contributed by atoms with van der Waals surface area (Å²) in [6, 6.07) is 8.95. The standard InChI is InChI=1S/C25H28O12/c1-2-14-15(10-18(26)27)16(23(32)33)11-35-24(14)37-25-22(31)21(30)20(29)17(36-25)12-34-19(28)9-8-13-6-4-3-5-7-13/h2-9,11,14-15,17,20-22,24-25,29-31H,1,10,12H2,(H,26,27)(H,32,33)/b9-8+/t14-,15+,17-,20-,21+,22-,24+,25+/m1/s1. The minimum atomic E-state index is -1.77. The molecular weight excluding hydrogens is 492 g/mol. The van der Waals surface area contributed by atoms with Gasteiger partial charge >= 0.3 is 17.9 Å². The number of aliphatic hydroxyl groups is 3. The van der Waals surface area contributed by atoms with Crippen molar-refractivity contribution in [3.8, 4) is 0 Å². The highest BCUT2D eigenvalue weighted by Crippen LogP contribution is 2.36. The zero-order valence-corrected chi connectivity index (χ0v) is 19.5. The van der Waals surface area contributed by atoms with Gasteiger partial charge in [0.25, 0.3) is 0 Å². The topological polar surface area (TPSA) is 189 Å². The van der Waals surface area contributed by atoms with E-state index in [-0.39, 0.29) is 5.57 Å². The van der Waals surface area contributed by atoms with Crippen LogP contribution in [-0.2, 0) is 33.3 Å². The molecule has 200 valence electrons. The Kier molecular flexibility index (Phi) is 9.55. The van der Waals surface area contributed by atoms with E-state index in [0.717, 1.165) is 11.8 Å². The molecular formula is C25H28O12. The van der Waals surface area contributed by atoms with E-state index in [9.17, 15) is 39.9 Å². The molecule has 12 nitrogen and oxygen atoms in total. The highest BCUT2D eigenvalue weighted by atomic mass is 16.8. The van der Waals surface area contributed by atoms with Crippen molar-refractivity contribution in [1.82, 2.24) is 0 Å². The molecule has 1 saturated heterocycles. The summed E-state index contributed by atoms with van der Waals surface area (Å²) in [6.45, 7) is 3.10. The van der Waals surface area contributed by atoms with E-state index < -0.39 is 79.8 Å². The second-order valence-corrected chi connectivity index (χ2v) is 8.43. The lowest BCUT2D eigenvalue weighted by molar-refractivity contribution is -0.339. The summed E-state index contributed by atoms with van der Waals surface area (Å²) in [6.07, 6.45) is -5.19. The van der Waals surface area contributed by atoms with Gasteiger partial charge in [0, 0.05) is 17.9 Å². The molecule has 1 aromatic rings. The van der Waals surface area contributed by atoms with E-state index in [1.807, 2.05) is 6.07 Å². The first-order valence-corrected chi connectivity index (χ1v) is 11.3. The maximum atomic E-state index is 12.1. The molecule has 2 heterocycles. The summed E-state index contributed by atoms with van der Waals surface area (Å²) in [5.41, 5.74) is 0.451. The van der Waals surface area contributed by atoms with Gasteiger partial charge in [0.1, 0.15) is 31.0 Å². The molecule has 0 unspecified atom stereocenters. The van der Waals surface area contributed by atoms with E-state index in [1.54, 1.807) is 24.3 Å². The molecule has 2 aliphatic heterocycles. The van der Waals surface area contributed by atoms with Gasteiger partial charge in [-0.1, -0.05) is 36.4 Å². The van der Waals surface area contributed by atoms with Crippen LogP contribution in [0.4, 0.5) is 0 Å². The van der Waals surface area contributed by atoms with Crippen molar-refractivity contribution in [3.05, 3.63) is 66.5 Å². The van der Waals surface area contributed by atoms with Crippen molar-refractivity contribution in [2.45, 2.75) is 43.4 Å². The molecule has 5 N–H and O–H groups in total. The van der Waals surface area contributed by atoms with Gasteiger partial charge in [0.05, 0.1) is 18.3 Å². The first-order chi connectivity index (χ1) is 17.6. The van der Waals surface area contributed by atoms with E-state index in [0.29, 0.717) is 0 Å². The molecule has 0 bridgehead atoms. The van der Waals surface area contributed by atoms with Gasteiger partial charge in [-0.3, -0.25) is 4.79 Å². The molecule has 37 heavy (non-hydrogen) atoms. The number of hydrogen-bond acceptors (Lipinski definition) is 10. The zero-order valence-electron chi connectivity index (χ0n) is 19.5. The van der Waals surface area contributed by atoms with Crippen LogP contribution in [0.25, 0.3) is 6.08 Å². The highest BCUT2D eigenvalue weighted by molar-refractivity contribution is 5.88. The number of hydrogen-bond donors (Lipinski definition) is 5. The van der Waals surface area contributed by atoms with Crippen molar-refractivity contribution < 1.29 is 58.9 Å². The van der Waals surface area contributed by atoms with Crippen molar-refractivity contribution in [3.63, 3.8) is 0 Å². The van der Waals surface area contributed by atoms with Gasteiger partial charge in [-0.15, -0.1) is 6.58 Å². The van der Waals surface area contributed by atoms with Crippen LogP contribution >= 0.6 is 0 Å².